The van der Waals surface area contributed by atoms with Gasteiger partial charge in [-0.2, -0.15) is 4.37 Å². The molecule has 2 aromatic heterocycles. The number of halogens is 1. The maximum absolute atomic E-state index is 12.0. The maximum atomic E-state index is 12.0. The molecule has 2 aromatic rings. The van der Waals surface area contributed by atoms with Crippen LogP contribution in [0.3, 0.4) is 0 Å². The third-order valence-corrected chi connectivity index (χ3v) is 5.63. The van der Waals surface area contributed by atoms with Crippen LogP contribution in [0, 0.1) is 12.8 Å². The Morgan fingerprint density at radius 1 is 1.57 bits per heavy atom. The first-order valence-electron chi connectivity index (χ1n) is 7.61. The van der Waals surface area contributed by atoms with E-state index in [0.29, 0.717) is 24.5 Å². The second-order valence-electron chi connectivity index (χ2n) is 6.05. The monoisotopic (exact) mass is 353 g/mol. The number of nitrogens with zero attached hydrogens (tertiary/aromatic N) is 4. The van der Waals surface area contributed by atoms with Gasteiger partial charge in [0.05, 0.1) is 0 Å². The molecule has 122 valence electrons. The molecule has 9 heteroatoms. The van der Waals surface area contributed by atoms with Crippen molar-refractivity contribution in [2.75, 3.05) is 11.4 Å². The van der Waals surface area contributed by atoms with Gasteiger partial charge in [-0.1, -0.05) is 16.8 Å². The van der Waals surface area contributed by atoms with Crippen LogP contribution in [0.25, 0.3) is 0 Å². The molecule has 0 spiro atoms. The molecule has 2 bridgehead atoms. The number of hydrogen-bond donors (Lipinski definition) is 1. The molecule has 1 N–H and O–H groups in total. The normalized spacial score (nSPS) is 26.0. The number of rotatable bonds is 4. The van der Waals surface area contributed by atoms with Gasteiger partial charge in [-0.05, 0) is 32.1 Å². The number of nitrogens with one attached hydrogen (secondary N) is 1. The molecule has 7 nitrogen and oxygen atoms in total. The van der Waals surface area contributed by atoms with Gasteiger partial charge in [-0.15, -0.1) is 0 Å². The van der Waals surface area contributed by atoms with E-state index < -0.39 is 0 Å². The van der Waals surface area contributed by atoms with Crippen LogP contribution in [0.1, 0.15) is 35.6 Å². The molecule has 2 aliphatic heterocycles. The van der Waals surface area contributed by atoms with Crippen LogP contribution in [0.15, 0.2) is 10.6 Å². The SMILES string of the molecule is Cc1nsc(N2C3CCC2C(CNC(=O)c2cc(Cl)no2)C3)n1. The maximum Gasteiger partial charge on any atom is 0.289 e. The van der Waals surface area contributed by atoms with Crippen molar-refractivity contribution >= 4 is 34.2 Å². The molecular formula is C14H16ClN5O2S. The van der Waals surface area contributed by atoms with Crippen LogP contribution < -0.4 is 10.2 Å². The lowest BCUT2D eigenvalue weighted by molar-refractivity contribution is 0.0908. The Morgan fingerprint density at radius 3 is 3.13 bits per heavy atom. The largest absolute Gasteiger partial charge is 0.349 e. The van der Waals surface area contributed by atoms with Crippen molar-refractivity contribution in [2.45, 2.75) is 38.3 Å². The van der Waals surface area contributed by atoms with Crippen LogP contribution in [-0.2, 0) is 0 Å². The number of anilines is 1. The highest BCUT2D eigenvalue weighted by atomic mass is 35.5. The molecular weight excluding hydrogens is 338 g/mol. The Bertz CT molecular complexity index is 732. The molecule has 2 aliphatic rings. The lowest BCUT2D eigenvalue weighted by Crippen LogP contribution is -2.36. The molecule has 0 radical (unpaired) electrons. The van der Waals surface area contributed by atoms with Gasteiger partial charge >= 0.3 is 0 Å². The number of aromatic nitrogens is 3. The summed E-state index contributed by atoms with van der Waals surface area (Å²) < 4.78 is 9.16. The second-order valence-corrected chi connectivity index (χ2v) is 7.17. The fourth-order valence-corrected chi connectivity index (χ4v) is 4.63. The Labute approximate surface area is 142 Å². The minimum absolute atomic E-state index is 0.148. The van der Waals surface area contributed by atoms with Gasteiger partial charge in [-0.3, -0.25) is 4.79 Å². The number of carbonyl (C=O) groups excluding carboxylic acids is 1. The number of fused-ring (bicyclic) bond motifs is 2. The topological polar surface area (TPSA) is 84.2 Å². The van der Waals surface area contributed by atoms with Gasteiger partial charge in [0.25, 0.3) is 5.91 Å². The van der Waals surface area contributed by atoms with Gasteiger partial charge in [0, 0.05) is 36.2 Å². The molecule has 3 unspecified atom stereocenters. The van der Waals surface area contributed by atoms with Crippen LogP contribution in [0.5, 0.6) is 0 Å². The van der Waals surface area contributed by atoms with Crippen molar-refractivity contribution < 1.29 is 9.32 Å². The van der Waals surface area contributed by atoms with Crippen molar-refractivity contribution in [3.8, 4) is 0 Å². The first kappa shape index (κ1) is 14.9. The van der Waals surface area contributed by atoms with Crippen molar-refractivity contribution in [3.63, 3.8) is 0 Å². The molecule has 1 amide bonds. The summed E-state index contributed by atoms with van der Waals surface area (Å²) in [5, 5.41) is 7.64. The summed E-state index contributed by atoms with van der Waals surface area (Å²) in [5.41, 5.74) is 0. The Morgan fingerprint density at radius 2 is 2.43 bits per heavy atom. The molecule has 2 fully saturated rings. The van der Waals surface area contributed by atoms with Gasteiger partial charge in [-0.25, -0.2) is 4.98 Å². The first-order valence-corrected chi connectivity index (χ1v) is 8.76. The standard InChI is InChI=1S/C14H16ClN5O2S/c1-7-17-14(23-19-7)20-9-2-3-10(20)8(4-9)6-16-13(21)11-5-12(15)18-22-11/h5,8-10H,2-4,6H2,1H3,(H,16,21). The molecule has 4 heterocycles. The summed E-state index contributed by atoms with van der Waals surface area (Å²) in [6, 6.07) is 2.36. The van der Waals surface area contributed by atoms with Crippen LogP contribution in [0.4, 0.5) is 5.13 Å². The highest BCUT2D eigenvalue weighted by Gasteiger charge is 2.47. The van der Waals surface area contributed by atoms with E-state index in [0.717, 1.165) is 23.8 Å². The molecule has 0 aliphatic carbocycles. The summed E-state index contributed by atoms with van der Waals surface area (Å²) in [6.45, 7) is 2.53. The van der Waals surface area contributed by atoms with Crippen LogP contribution in [-0.4, -0.2) is 39.0 Å². The minimum atomic E-state index is -0.273. The van der Waals surface area contributed by atoms with E-state index >= 15 is 0 Å². The van der Waals surface area contributed by atoms with E-state index in [-0.39, 0.29) is 16.8 Å². The van der Waals surface area contributed by atoms with Crippen molar-refractivity contribution in [2.24, 2.45) is 5.92 Å². The van der Waals surface area contributed by atoms with Gasteiger partial charge in [0.15, 0.2) is 5.15 Å². The fourth-order valence-electron chi connectivity index (χ4n) is 3.69. The zero-order valence-electron chi connectivity index (χ0n) is 12.5. The van der Waals surface area contributed by atoms with Gasteiger partial charge in [0.2, 0.25) is 10.9 Å². The fraction of sp³-hybridized carbons (Fsp3) is 0.571. The average Bonchev–Trinajstić information content (AvgIpc) is 3.28. The molecule has 3 atom stereocenters. The van der Waals surface area contributed by atoms with E-state index in [2.05, 4.69) is 24.7 Å². The molecule has 0 saturated carbocycles. The molecule has 0 aromatic carbocycles. The second kappa shape index (κ2) is 5.76. The minimum Gasteiger partial charge on any atom is -0.349 e. The van der Waals surface area contributed by atoms with Crippen molar-refractivity contribution in [1.29, 1.82) is 0 Å². The lowest BCUT2D eigenvalue weighted by Gasteiger charge is -2.23. The summed E-state index contributed by atoms with van der Waals surface area (Å²) in [7, 11) is 0. The third-order valence-electron chi connectivity index (χ3n) is 4.63. The lowest BCUT2D eigenvalue weighted by atomic mass is 9.89. The third kappa shape index (κ3) is 2.70. The van der Waals surface area contributed by atoms with Crippen LogP contribution in [0.2, 0.25) is 5.15 Å². The van der Waals surface area contributed by atoms with Crippen LogP contribution >= 0.6 is 23.1 Å². The van der Waals surface area contributed by atoms with E-state index in [4.69, 9.17) is 16.1 Å². The van der Waals surface area contributed by atoms with Gasteiger partial charge < -0.3 is 14.7 Å². The highest BCUT2D eigenvalue weighted by Crippen LogP contribution is 2.44. The average molecular weight is 354 g/mol. The predicted molar refractivity (Wildman–Crippen MR) is 85.9 cm³/mol. The molecule has 23 heavy (non-hydrogen) atoms. The first-order chi connectivity index (χ1) is 11.1. The Balaban J connectivity index is 1.40. The zero-order valence-corrected chi connectivity index (χ0v) is 14.1. The van der Waals surface area contributed by atoms with E-state index in [1.165, 1.54) is 24.0 Å². The molecule has 4 rings (SSSR count). The zero-order chi connectivity index (χ0) is 16.0. The van der Waals surface area contributed by atoms with E-state index in [9.17, 15) is 4.79 Å². The summed E-state index contributed by atoms with van der Waals surface area (Å²) >= 11 is 7.13. The van der Waals surface area contributed by atoms with Crippen molar-refractivity contribution in [1.82, 2.24) is 19.8 Å². The quantitative estimate of drug-likeness (QED) is 0.907. The number of hydrogen-bond acceptors (Lipinski definition) is 7. The van der Waals surface area contributed by atoms with Crippen molar-refractivity contribution in [3.05, 3.63) is 22.8 Å². The summed E-state index contributed by atoms with van der Waals surface area (Å²) in [6.07, 6.45) is 3.39. The van der Waals surface area contributed by atoms with E-state index in [1.54, 1.807) is 0 Å². The van der Waals surface area contributed by atoms with Gasteiger partial charge in [0.1, 0.15) is 5.82 Å². The number of amides is 1. The van der Waals surface area contributed by atoms with E-state index in [1.807, 2.05) is 6.92 Å². The predicted octanol–water partition coefficient (Wildman–Crippen LogP) is 2.28. The smallest absolute Gasteiger partial charge is 0.289 e. The number of carbonyl (C=O) groups is 1. The Hall–Kier alpha value is -1.67. The summed E-state index contributed by atoms with van der Waals surface area (Å²) in [5.74, 6) is 1.11. The summed E-state index contributed by atoms with van der Waals surface area (Å²) in [4.78, 5) is 19.0. The molecule has 2 saturated heterocycles. The Kier molecular flexibility index (Phi) is 3.73. The highest BCUT2D eigenvalue weighted by molar-refractivity contribution is 7.09. The number of aryl methyl sites for hydroxylation is 1.